The predicted octanol–water partition coefficient (Wildman–Crippen LogP) is 6.24. The van der Waals surface area contributed by atoms with Gasteiger partial charge in [-0.2, -0.15) is 5.26 Å². The molecule has 2 atom stereocenters. The smallest absolute Gasteiger partial charge is 0.241 e. The molecule has 0 radical (unpaired) electrons. The number of nitriles is 1. The van der Waals surface area contributed by atoms with Crippen LogP contribution in [0.1, 0.15) is 66.0 Å². The van der Waals surface area contributed by atoms with Crippen molar-refractivity contribution in [2.45, 2.75) is 65.5 Å². The minimum Gasteiger partial charge on any atom is -0.345 e. The number of aromatic amines is 1. The van der Waals surface area contributed by atoms with E-state index in [0.29, 0.717) is 18.7 Å². The summed E-state index contributed by atoms with van der Waals surface area (Å²) in [4.78, 5) is 25.9. The third kappa shape index (κ3) is 6.93. The third-order valence-corrected chi connectivity index (χ3v) is 7.23. The van der Waals surface area contributed by atoms with Crippen LogP contribution in [0.15, 0.2) is 48.7 Å². The monoisotopic (exact) mass is 541 g/mol. The van der Waals surface area contributed by atoms with E-state index in [0.717, 1.165) is 48.5 Å². The highest BCUT2D eigenvalue weighted by atomic mass is 35.5. The molecule has 1 aliphatic heterocycles. The van der Waals surface area contributed by atoms with E-state index in [9.17, 15) is 10.1 Å². The standard InChI is InChI=1S/C29H35N5O.2ClH/c1-5-6-9-25-18-34(27-10-7-8-20(2)21(27)3)29(35)19-33(25)28(26-17-31-22(4)32-26)15-23-11-13-24(16-30)14-12-23;;/h7-8,10-14,17,25,28H,5-6,9,15,18-19H2,1-4H3,(H,31,32);2*1H/t25-,28?;;/m0../s1. The van der Waals surface area contributed by atoms with E-state index in [1.165, 1.54) is 11.1 Å². The molecule has 1 N–H and O–H groups in total. The number of hydrogen-bond acceptors (Lipinski definition) is 4. The maximum Gasteiger partial charge on any atom is 0.241 e. The first-order valence-corrected chi connectivity index (χ1v) is 12.5. The first-order chi connectivity index (χ1) is 16.9. The number of H-pyrrole nitrogens is 1. The zero-order valence-corrected chi connectivity index (χ0v) is 23.7. The van der Waals surface area contributed by atoms with Crippen molar-refractivity contribution in [3.8, 4) is 6.07 Å². The molecule has 1 saturated heterocycles. The maximum atomic E-state index is 13.6. The zero-order valence-electron chi connectivity index (χ0n) is 22.0. The molecule has 198 valence electrons. The molecule has 2 heterocycles. The van der Waals surface area contributed by atoms with Crippen molar-refractivity contribution in [2.24, 2.45) is 0 Å². The average Bonchev–Trinajstić information content (AvgIpc) is 3.30. The molecule has 0 saturated carbocycles. The predicted molar refractivity (Wildman–Crippen MR) is 154 cm³/mol. The van der Waals surface area contributed by atoms with E-state index in [1.807, 2.05) is 48.4 Å². The summed E-state index contributed by atoms with van der Waals surface area (Å²) in [6.07, 6.45) is 5.91. The Labute approximate surface area is 232 Å². The van der Waals surface area contributed by atoms with Crippen LogP contribution in [-0.4, -0.2) is 39.9 Å². The quantitative estimate of drug-likeness (QED) is 0.366. The summed E-state index contributed by atoms with van der Waals surface area (Å²) in [6.45, 7) is 9.42. The largest absolute Gasteiger partial charge is 0.345 e. The number of imidazole rings is 1. The third-order valence-electron chi connectivity index (χ3n) is 7.23. The number of hydrogen-bond donors (Lipinski definition) is 1. The van der Waals surface area contributed by atoms with Gasteiger partial charge in [-0.15, -0.1) is 24.8 Å². The van der Waals surface area contributed by atoms with Crippen LogP contribution in [0, 0.1) is 32.1 Å². The number of nitrogens with zero attached hydrogens (tertiary/aromatic N) is 4. The van der Waals surface area contributed by atoms with Gasteiger partial charge in [-0.05, 0) is 68.5 Å². The van der Waals surface area contributed by atoms with E-state index in [-0.39, 0.29) is 42.8 Å². The van der Waals surface area contributed by atoms with Gasteiger partial charge in [0.15, 0.2) is 0 Å². The van der Waals surface area contributed by atoms with E-state index in [1.54, 1.807) is 0 Å². The Hall–Kier alpha value is -2.85. The summed E-state index contributed by atoms with van der Waals surface area (Å²) in [5.41, 5.74) is 6.22. The second kappa shape index (κ2) is 13.6. The lowest BCUT2D eigenvalue weighted by Crippen LogP contribution is -2.57. The zero-order chi connectivity index (χ0) is 24.9. The minimum absolute atomic E-state index is 0. The molecular weight excluding hydrogens is 505 g/mol. The molecule has 3 aromatic rings. The second-order valence-corrected chi connectivity index (χ2v) is 9.64. The van der Waals surface area contributed by atoms with Crippen molar-refractivity contribution >= 4 is 36.4 Å². The number of rotatable bonds is 8. The van der Waals surface area contributed by atoms with Crippen molar-refractivity contribution in [1.29, 1.82) is 5.26 Å². The Morgan fingerprint density at radius 3 is 2.49 bits per heavy atom. The summed E-state index contributed by atoms with van der Waals surface area (Å²) in [6, 6.07) is 16.4. The van der Waals surface area contributed by atoms with Gasteiger partial charge in [-0.3, -0.25) is 9.69 Å². The molecule has 8 heteroatoms. The van der Waals surface area contributed by atoms with Gasteiger partial charge >= 0.3 is 0 Å². The van der Waals surface area contributed by atoms with Gasteiger partial charge in [0, 0.05) is 24.5 Å². The van der Waals surface area contributed by atoms with Crippen molar-refractivity contribution in [3.63, 3.8) is 0 Å². The lowest BCUT2D eigenvalue weighted by Gasteiger charge is -2.45. The first kappa shape index (κ1) is 30.4. The van der Waals surface area contributed by atoms with Crippen LogP contribution in [0.2, 0.25) is 0 Å². The molecule has 1 aromatic heterocycles. The Balaban J connectivity index is 0.00000241. The number of halogens is 2. The fraction of sp³-hybridized carbons (Fsp3) is 0.414. The Kier molecular flexibility index (Phi) is 11.2. The maximum absolute atomic E-state index is 13.6. The number of aromatic nitrogens is 2. The Morgan fingerprint density at radius 1 is 1.14 bits per heavy atom. The van der Waals surface area contributed by atoms with Crippen LogP contribution in [0.25, 0.3) is 0 Å². The van der Waals surface area contributed by atoms with Gasteiger partial charge < -0.3 is 9.88 Å². The van der Waals surface area contributed by atoms with Crippen LogP contribution < -0.4 is 4.90 Å². The molecule has 1 unspecified atom stereocenters. The highest BCUT2D eigenvalue weighted by Crippen LogP contribution is 2.33. The molecule has 37 heavy (non-hydrogen) atoms. The summed E-state index contributed by atoms with van der Waals surface area (Å²) < 4.78 is 0. The molecular formula is C29H37Cl2N5O. The topological polar surface area (TPSA) is 76.0 Å². The summed E-state index contributed by atoms with van der Waals surface area (Å²) >= 11 is 0. The molecule has 4 rings (SSSR count). The van der Waals surface area contributed by atoms with Crippen LogP contribution >= 0.6 is 24.8 Å². The van der Waals surface area contributed by atoms with Gasteiger partial charge in [-0.25, -0.2) is 4.98 Å². The summed E-state index contributed by atoms with van der Waals surface area (Å²) in [5, 5.41) is 9.18. The number of nitrogens with one attached hydrogen (secondary N) is 1. The fourth-order valence-corrected chi connectivity index (χ4v) is 5.06. The molecule has 1 amide bonds. The summed E-state index contributed by atoms with van der Waals surface area (Å²) in [5.74, 6) is 1.00. The van der Waals surface area contributed by atoms with Crippen molar-refractivity contribution in [1.82, 2.24) is 14.9 Å². The van der Waals surface area contributed by atoms with Gasteiger partial charge in [-0.1, -0.05) is 44.0 Å². The van der Waals surface area contributed by atoms with Gasteiger partial charge in [0.25, 0.3) is 0 Å². The number of anilines is 1. The highest BCUT2D eigenvalue weighted by molar-refractivity contribution is 5.96. The number of amides is 1. The minimum atomic E-state index is -0.00398. The van der Waals surface area contributed by atoms with E-state index >= 15 is 0 Å². The lowest BCUT2D eigenvalue weighted by molar-refractivity contribution is -0.123. The number of carbonyl (C=O) groups is 1. The highest BCUT2D eigenvalue weighted by Gasteiger charge is 2.38. The molecule has 1 aliphatic rings. The van der Waals surface area contributed by atoms with Crippen molar-refractivity contribution < 1.29 is 4.79 Å². The number of unbranched alkanes of at least 4 members (excludes halogenated alkanes) is 1. The first-order valence-electron chi connectivity index (χ1n) is 12.5. The van der Waals surface area contributed by atoms with Gasteiger partial charge in [0.2, 0.25) is 5.91 Å². The molecule has 0 aliphatic carbocycles. The number of carbonyl (C=O) groups excluding carboxylic acids is 1. The molecule has 0 spiro atoms. The van der Waals surface area contributed by atoms with Crippen molar-refractivity contribution in [3.05, 3.63) is 82.4 Å². The average molecular weight is 543 g/mol. The van der Waals surface area contributed by atoms with Crippen LogP contribution in [0.4, 0.5) is 5.69 Å². The van der Waals surface area contributed by atoms with Crippen LogP contribution in [-0.2, 0) is 11.2 Å². The van der Waals surface area contributed by atoms with Crippen molar-refractivity contribution in [2.75, 3.05) is 18.0 Å². The molecule has 1 fully saturated rings. The molecule has 0 bridgehead atoms. The Morgan fingerprint density at radius 2 is 1.86 bits per heavy atom. The second-order valence-electron chi connectivity index (χ2n) is 9.64. The van der Waals surface area contributed by atoms with E-state index in [2.05, 4.69) is 53.8 Å². The Bertz CT molecular complexity index is 1220. The van der Waals surface area contributed by atoms with E-state index in [4.69, 9.17) is 0 Å². The number of benzene rings is 2. The SMILES string of the molecule is CCCC[C@H]1CN(c2cccc(C)c2C)C(=O)CN1C(Cc1ccc(C#N)cc1)c1cnc(C)[nH]1.Cl.Cl. The van der Waals surface area contributed by atoms with Gasteiger partial charge in [0.05, 0.1) is 29.9 Å². The normalized spacial score (nSPS) is 16.5. The fourth-order valence-electron chi connectivity index (χ4n) is 5.06. The van der Waals surface area contributed by atoms with Crippen LogP contribution in [0.5, 0.6) is 0 Å². The molecule has 2 aromatic carbocycles. The van der Waals surface area contributed by atoms with Gasteiger partial charge in [0.1, 0.15) is 5.82 Å². The summed E-state index contributed by atoms with van der Waals surface area (Å²) in [7, 11) is 0. The number of piperazine rings is 1. The lowest BCUT2D eigenvalue weighted by atomic mass is 9.95. The molecule has 6 nitrogen and oxygen atoms in total. The van der Waals surface area contributed by atoms with Crippen LogP contribution in [0.3, 0.4) is 0 Å². The number of aryl methyl sites for hydroxylation is 2. The van der Waals surface area contributed by atoms with E-state index < -0.39 is 0 Å².